The summed E-state index contributed by atoms with van der Waals surface area (Å²) in [7, 11) is 7.19. The van der Waals surface area contributed by atoms with Crippen LogP contribution in [0, 0.1) is 5.92 Å². The molecule has 0 heterocycles. The normalized spacial score (nSPS) is 11.8. The molecule has 0 aliphatic rings. The van der Waals surface area contributed by atoms with E-state index < -0.39 is 29.7 Å². The molecule has 11 heteroatoms. The number of rotatable bonds is 12. The van der Waals surface area contributed by atoms with E-state index in [2.05, 4.69) is 10.6 Å². The molecule has 2 aromatic carbocycles. The lowest BCUT2D eigenvalue weighted by Crippen LogP contribution is -2.47. The Bertz CT molecular complexity index is 1150. The van der Waals surface area contributed by atoms with Gasteiger partial charge in [-0.1, -0.05) is 13.8 Å². The molecule has 0 radical (unpaired) electrons. The van der Waals surface area contributed by atoms with Crippen LogP contribution < -0.4 is 34.3 Å². The lowest BCUT2D eigenvalue weighted by atomic mass is 10.0. The fraction of sp³-hybridized carbons (Fsp3) is 0.346. The largest absolute Gasteiger partial charge is 0.497 e. The number of hydrogen-bond acceptors (Lipinski definition) is 8. The molecule has 0 saturated carbocycles. The summed E-state index contributed by atoms with van der Waals surface area (Å²) in [6.45, 7) is 3.31. The third-order valence-electron chi connectivity index (χ3n) is 5.38. The van der Waals surface area contributed by atoms with Gasteiger partial charge in [0.25, 0.3) is 11.8 Å². The topological polar surface area (TPSA) is 142 Å². The van der Waals surface area contributed by atoms with E-state index in [-0.39, 0.29) is 22.8 Å². The summed E-state index contributed by atoms with van der Waals surface area (Å²) in [4.78, 5) is 38.1. The number of carbonyl (C=O) groups excluding carboxylic acids is 2. The Balaban J connectivity index is 2.56. The Kier molecular flexibility index (Phi) is 10.2. The predicted octanol–water partition coefficient (Wildman–Crippen LogP) is 2.73. The van der Waals surface area contributed by atoms with Gasteiger partial charge in [0.2, 0.25) is 5.75 Å². The molecule has 2 aromatic rings. The van der Waals surface area contributed by atoms with E-state index in [0.29, 0.717) is 22.8 Å². The third kappa shape index (κ3) is 7.06. The molecule has 0 bridgehead atoms. The number of amides is 2. The highest BCUT2D eigenvalue weighted by atomic mass is 16.5. The van der Waals surface area contributed by atoms with Crippen LogP contribution in [0.25, 0.3) is 6.08 Å². The first-order valence-electron chi connectivity index (χ1n) is 11.2. The Morgan fingerprint density at radius 2 is 1.43 bits per heavy atom. The molecule has 200 valence electrons. The van der Waals surface area contributed by atoms with Crippen LogP contribution in [0.5, 0.6) is 28.7 Å². The molecule has 0 saturated heterocycles. The molecule has 0 unspecified atom stereocenters. The summed E-state index contributed by atoms with van der Waals surface area (Å²) in [5.74, 6) is -1.44. The molecule has 0 fully saturated rings. The molecule has 0 aromatic heterocycles. The molecule has 0 spiro atoms. The van der Waals surface area contributed by atoms with Gasteiger partial charge in [-0.25, -0.2) is 4.79 Å². The maximum Gasteiger partial charge on any atom is 0.326 e. The number of nitrogens with one attached hydrogen (secondary N) is 2. The molecule has 3 N–H and O–H groups in total. The summed E-state index contributed by atoms with van der Waals surface area (Å²) in [6, 6.07) is 6.55. The quantitative estimate of drug-likeness (QED) is 0.363. The van der Waals surface area contributed by atoms with Gasteiger partial charge in [0.05, 0.1) is 35.5 Å². The molecular formula is C26H32N2O9. The summed E-state index contributed by atoms with van der Waals surface area (Å²) in [5, 5.41) is 14.6. The van der Waals surface area contributed by atoms with E-state index in [4.69, 9.17) is 23.7 Å². The van der Waals surface area contributed by atoms with Gasteiger partial charge in [0.15, 0.2) is 11.5 Å². The summed E-state index contributed by atoms with van der Waals surface area (Å²) in [5.41, 5.74) is 0.331. The highest BCUT2D eigenvalue weighted by molar-refractivity contribution is 6.06. The monoisotopic (exact) mass is 516 g/mol. The average Bonchev–Trinajstić information content (AvgIpc) is 2.89. The van der Waals surface area contributed by atoms with Crippen molar-refractivity contribution in [2.24, 2.45) is 5.92 Å². The number of carboxylic acids is 1. The lowest BCUT2D eigenvalue weighted by molar-refractivity contribution is -0.142. The minimum Gasteiger partial charge on any atom is -0.497 e. The second-order valence-corrected chi connectivity index (χ2v) is 8.07. The summed E-state index contributed by atoms with van der Waals surface area (Å²) < 4.78 is 26.5. The van der Waals surface area contributed by atoms with Crippen molar-refractivity contribution in [2.45, 2.75) is 19.9 Å². The maximum atomic E-state index is 13.2. The van der Waals surface area contributed by atoms with Gasteiger partial charge in [-0.15, -0.1) is 0 Å². The van der Waals surface area contributed by atoms with Crippen molar-refractivity contribution in [3.63, 3.8) is 0 Å². The Labute approximate surface area is 215 Å². The number of aliphatic carboxylic acids is 1. The van der Waals surface area contributed by atoms with Crippen LogP contribution in [0.4, 0.5) is 0 Å². The summed E-state index contributed by atoms with van der Waals surface area (Å²) in [6.07, 6.45) is 1.38. The minimum absolute atomic E-state index is 0.105. The number of methoxy groups -OCH3 is 5. The Morgan fingerprint density at radius 1 is 0.838 bits per heavy atom. The van der Waals surface area contributed by atoms with Crippen molar-refractivity contribution >= 4 is 23.9 Å². The number of ether oxygens (including phenoxy) is 5. The van der Waals surface area contributed by atoms with Crippen LogP contribution >= 0.6 is 0 Å². The van der Waals surface area contributed by atoms with Gasteiger partial charge in [-0.05, 0) is 36.3 Å². The first kappa shape index (κ1) is 28.8. The molecule has 2 rings (SSSR count). The van der Waals surface area contributed by atoms with Crippen LogP contribution in [0.2, 0.25) is 0 Å². The first-order valence-corrected chi connectivity index (χ1v) is 11.2. The van der Waals surface area contributed by atoms with Gasteiger partial charge in [0, 0.05) is 17.2 Å². The van der Waals surface area contributed by atoms with E-state index in [1.165, 1.54) is 53.8 Å². The Morgan fingerprint density at radius 3 is 1.89 bits per heavy atom. The van der Waals surface area contributed by atoms with E-state index >= 15 is 0 Å². The SMILES string of the molecule is COc1ccc(/C=C(/NC(=O)c2cc(OC)c(OC)c(OC)c2)C(=O)N[C@H](C(=O)O)C(C)C)c(OC)c1. The van der Waals surface area contributed by atoms with E-state index in [1.54, 1.807) is 32.0 Å². The Hall–Kier alpha value is -4.41. The minimum atomic E-state index is -1.21. The standard InChI is InChI=1S/C26H32N2O9/c1-14(2)22(26(31)32)28-25(30)18(10-15-8-9-17(33-3)13-19(15)34-4)27-24(29)16-11-20(35-5)23(37-7)21(12-16)36-6/h8-14,22H,1-7H3,(H,27,29)(H,28,30)(H,31,32)/b18-10+/t22-/m0/s1. The molecule has 0 aliphatic heterocycles. The van der Waals surface area contributed by atoms with Crippen molar-refractivity contribution in [1.29, 1.82) is 0 Å². The van der Waals surface area contributed by atoms with Crippen LogP contribution in [0.3, 0.4) is 0 Å². The average molecular weight is 517 g/mol. The van der Waals surface area contributed by atoms with E-state index in [1.807, 2.05) is 0 Å². The smallest absolute Gasteiger partial charge is 0.326 e. The predicted molar refractivity (Wildman–Crippen MR) is 135 cm³/mol. The zero-order valence-electron chi connectivity index (χ0n) is 21.8. The lowest BCUT2D eigenvalue weighted by Gasteiger charge is -2.20. The van der Waals surface area contributed by atoms with Crippen molar-refractivity contribution < 1.29 is 43.2 Å². The maximum absolute atomic E-state index is 13.2. The fourth-order valence-electron chi connectivity index (χ4n) is 3.39. The van der Waals surface area contributed by atoms with Crippen molar-refractivity contribution in [2.75, 3.05) is 35.5 Å². The number of benzene rings is 2. The molecule has 1 atom stereocenters. The van der Waals surface area contributed by atoms with Crippen molar-refractivity contribution in [1.82, 2.24) is 10.6 Å². The van der Waals surface area contributed by atoms with Crippen LogP contribution in [0.15, 0.2) is 36.0 Å². The highest BCUT2D eigenvalue weighted by Crippen LogP contribution is 2.38. The van der Waals surface area contributed by atoms with Crippen molar-refractivity contribution in [3.05, 3.63) is 47.2 Å². The number of carboxylic acid groups (broad SMARTS) is 1. The van der Waals surface area contributed by atoms with Gasteiger partial charge < -0.3 is 39.4 Å². The van der Waals surface area contributed by atoms with Gasteiger partial charge in [-0.3, -0.25) is 9.59 Å². The molecule has 11 nitrogen and oxygen atoms in total. The second kappa shape index (κ2) is 13.1. The van der Waals surface area contributed by atoms with Crippen molar-refractivity contribution in [3.8, 4) is 28.7 Å². The van der Waals surface area contributed by atoms with Crippen LogP contribution in [-0.4, -0.2) is 64.5 Å². The second-order valence-electron chi connectivity index (χ2n) is 8.07. The fourth-order valence-corrected chi connectivity index (χ4v) is 3.39. The zero-order valence-corrected chi connectivity index (χ0v) is 21.8. The van der Waals surface area contributed by atoms with Gasteiger partial charge in [0.1, 0.15) is 23.2 Å². The molecular weight excluding hydrogens is 484 g/mol. The number of hydrogen-bond donors (Lipinski definition) is 3. The van der Waals surface area contributed by atoms with E-state index in [0.717, 1.165) is 0 Å². The van der Waals surface area contributed by atoms with Gasteiger partial charge in [-0.2, -0.15) is 0 Å². The molecule has 0 aliphatic carbocycles. The number of carbonyl (C=O) groups is 3. The van der Waals surface area contributed by atoms with E-state index in [9.17, 15) is 19.5 Å². The highest BCUT2D eigenvalue weighted by Gasteiger charge is 2.26. The van der Waals surface area contributed by atoms with Crippen LogP contribution in [-0.2, 0) is 9.59 Å². The zero-order chi connectivity index (χ0) is 27.7. The van der Waals surface area contributed by atoms with Crippen LogP contribution in [0.1, 0.15) is 29.8 Å². The summed E-state index contributed by atoms with van der Waals surface area (Å²) >= 11 is 0. The third-order valence-corrected chi connectivity index (χ3v) is 5.38. The van der Waals surface area contributed by atoms with Gasteiger partial charge >= 0.3 is 5.97 Å². The first-order chi connectivity index (χ1) is 17.6. The molecule has 2 amide bonds. The molecule has 37 heavy (non-hydrogen) atoms.